The van der Waals surface area contributed by atoms with Crippen LogP contribution in [0.1, 0.15) is 18.5 Å². The molecule has 0 saturated carbocycles. The van der Waals surface area contributed by atoms with Crippen molar-refractivity contribution in [1.29, 1.82) is 0 Å². The van der Waals surface area contributed by atoms with Crippen molar-refractivity contribution in [3.8, 4) is 5.75 Å². The first-order valence-corrected chi connectivity index (χ1v) is 10.4. The van der Waals surface area contributed by atoms with Crippen LogP contribution in [0.4, 0.5) is 24.7 Å². The van der Waals surface area contributed by atoms with Crippen LogP contribution in [0.15, 0.2) is 42.5 Å². The van der Waals surface area contributed by atoms with Crippen molar-refractivity contribution in [2.45, 2.75) is 19.0 Å². The molecule has 4 rings (SSSR count). The second-order valence-electron chi connectivity index (χ2n) is 7.51. The predicted molar refractivity (Wildman–Crippen MR) is 116 cm³/mol. The van der Waals surface area contributed by atoms with Gasteiger partial charge in [0.15, 0.2) is 11.5 Å². The average molecular weight is 465 g/mol. The summed E-state index contributed by atoms with van der Waals surface area (Å²) in [5, 5.41) is 3.13. The van der Waals surface area contributed by atoms with E-state index < -0.39 is 17.8 Å². The fourth-order valence-electron chi connectivity index (χ4n) is 3.77. The normalized spacial score (nSPS) is 16.8. The van der Waals surface area contributed by atoms with E-state index in [1.165, 1.54) is 18.1 Å². The van der Waals surface area contributed by atoms with Gasteiger partial charge in [0.2, 0.25) is 5.91 Å². The molecule has 1 saturated heterocycles. The molecule has 0 radical (unpaired) electrons. The second kappa shape index (κ2) is 8.82. The highest BCUT2D eigenvalue weighted by Crippen LogP contribution is 2.37. The molecule has 0 unspecified atom stereocenters. The molecule has 1 fully saturated rings. The number of rotatable bonds is 4. The van der Waals surface area contributed by atoms with Crippen LogP contribution in [0.3, 0.4) is 0 Å². The van der Waals surface area contributed by atoms with Gasteiger partial charge in [-0.05, 0) is 43.2 Å². The van der Waals surface area contributed by atoms with Gasteiger partial charge in [0.1, 0.15) is 5.75 Å². The van der Waals surface area contributed by atoms with Crippen molar-refractivity contribution in [1.82, 2.24) is 9.97 Å². The molecule has 168 valence electrons. The number of hydrogen-bond acceptors (Lipinski definition) is 5. The molecule has 2 heterocycles. The Morgan fingerprint density at radius 1 is 1.19 bits per heavy atom. The monoisotopic (exact) mass is 464 g/mol. The van der Waals surface area contributed by atoms with Gasteiger partial charge in [0.25, 0.3) is 0 Å². The Bertz CT molecular complexity index is 1160. The summed E-state index contributed by atoms with van der Waals surface area (Å²) in [5.41, 5.74) is -0.0141. The van der Waals surface area contributed by atoms with E-state index >= 15 is 0 Å². The Labute approximate surface area is 187 Å². The fraction of sp³-hybridized carbons (Fsp3) is 0.318. The summed E-state index contributed by atoms with van der Waals surface area (Å²) in [6.07, 6.45) is -3.57. The lowest BCUT2D eigenvalue weighted by atomic mass is 9.96. The van der Waals surface area contributed by atoms with Crippen molar-refractivity contribution in [3.63, 3.8) is 0 Å². The molecule has 1 aliphatic rings. The Morgan fingerprint density at radius 3 is 2.56 bits per heavy atom. The molecule has 0 spiro atoms. The first-order chi connectivity index (χ1) is 15.3. The third-order valence-electron chi connectivity index (χ3n) is 5.33. The topological polar surface area (TPSA) is 67.3 Å². The first-order valence-electron chi connectivity index (χ1n) is 9.99. The number of carbonyl (C=O) groups excluding carboxylic acids is 1. The zero-order valence-electron chi connectivity index (χ0n) is 17.1. The summed E-state index contributed by atoms with van der Waals surface area (Å²) in [7, 11) is 1.49. The minimum Gasteiger partial charge on any atom is -0.495 e. The van der Waals surface area contributed by atoms with E-state index in [1.54, 1.807) is 36.4 Å². The molecular formula is C22H20ClF3N4O2. The van der Waals surface area contributed by atoms with Crippen LogP contribution < -0.4 is 15.0 Å². The quantitative estimate of drug-likeness (QED) is 0.577. The summed E-state index contributed by atoms with van der Waals surface area (Å²) in [5.74, 6) is -0.582. The Morgan fingerprint density at radius 2 is 1.91 bits per heavy atom. The van der Waals surface area contributed by atoms with Crippen molar-refractivity contribution >= 4 is 40.0 Å². The molecule has 0 bridgehead atoms. The summed E-state index contributed by atoms with van der Waals surface area (Å²) in [6.45, 7) is 0.458. The van der Waals surface area contributed by atoms with Gasteiger partial charge in [0.05, 0.1) is 29.1 Å². The van der Waals surface area contributed by atoms with Gasteiger partial charge in [-0.3, -0.25) is 4.79 Å². The van der Waals surface area contributed by atoms with Crippen LogP contribution in [0.5, 0.6) is 5.75 Å². The molecule has 32 heavy (non-hydrogen) atoms. The summed E-state index contributed by atoms with van der Waals surface area (Å²) in [4.78, 5) is 22.4. The molecule has 3 aromatic rings. The number of piperidine rings is 1. The molecule has 1 aromatic heterocycles. The average Bonchev–Trinajstić information content (AvgIpc) is 2.78. The number of fused-ring (bicyclic) bond motifs is 1. The van der Waals surface area contributed by atoms with Gasteiger partial charge in [-0.2, -0.15) is 13.2 Å². The molecule has 6 nitrogen and oxygen atoms in total. The number of carbonyl (C=O) groups is 1. The Hall–Kier alpha value is -3.07. The molecule has 1 amide bonds. The van der Waals surface area contributed by atoms with Gasteiger partial charge in [0, 0.05) is 18.8 Å². The van der Waals surface area contributed by atoms with E-state index in [1.807, 2.05) is 0 Å². The minimum absolute atomic E-state index is 0.103. The summed E-state index contributed by atoms with van der Waals surface area (Å²) in [6, 6.07) is 11.3. The van der Waals surface area contributed by atoms with Crippen molar-refractivity contribution in [2.75, 3.05) is 30.4 Å². The first kappa shape index (κ1) is 22.1. The fourth-order valence-corrected chi connectivity index (χ4v) is 4.03. The van der Waals surface area contributed by atoms with Gasteiger partial charge < -0.3 is 15.0 Å². The number of nitrogens with one attached hydrogen (secondary N) is 1. The van der Waals surface area contributed by atoms with Crippen LogP contribution in [-0.2, 0) is 11.0 Å². The molecule has 1 N–H and O–H groups in total. The van der Waals surface area contributed by atoms with Gasteiger partial charge in [-0.1, -0.05) is 23.7 Å². The van der Waals surface area contributed by atoms with E-state index in [-0.39, 0.29) is 23.8 Å². The zero-order valence-corrected chi connectivity index (χ0v) is 17.9. The third-order valence-corrected chi connectivity index (χ3v) is 5.63. The number of hydrogen-bond donors (Lipinski definition) is 1. The number of aromatic nitrogens is 2. The Balaban J connectivity index is 1.58. The van der Waals surface area contributed by atoms with Crippen LogP contribution in [0.25, 0.3) is 11.0 Å². The van der Waals surface area contributed by atoms with Crippen molar-refractivity contribution < 1.29 is 22.7 Å². The number of alkyl halides is 3. The number of ether oxygens (including phenoxy) is 1. The molecule has 10 heteroatoms. The van der Waals surface area contributed by atoms with E-state index in [0.717, 1.165) is 0 Å². The molecular weight excluding hydrogens is 445 g/mol. The third kappa shape index (κ3) is 4.57. The number of para-hydroxylation sites is 2. The van der Waals surface area contributed by atoms with Crippen molar-refractivity contribution in [2.24, 2.45) is 5.92 Å². The molecule has 1 atom stereocenters. The Kier molecular flexibility index (Phi) is 6.10. The number of benzene rings is 2. The smallest absolute Gasteiger partial charge is 0.437 e. The number of halogens is 4. The standard InChI is InChI=1S/C22H20ClF3N4O2/c1-32-18-9-8-14(11-15(18)23)27-21(31)13-5-4-10-30(12-13)20-19(22(24,25)26)28-16-6-2-3-7-17(16)29-20/h2-3,6-9,11,13H,4-5,10,12H2,1H3,(H,27,31)/t13-/m0/s1. The molecule has 2 aromatic carbocycles. The number of anilines is 2. The second-order valence-corrected chi connectivity index (χ2v) is 7.91. The zero-order chi connectivity index (χ0) is 22.9. The minimum atomic E-state index is -4.67. The summed E-state index contributed by atoms with van der Waals surface area (Å²) >= 11 is 6.10. The summed E-state index contributed by atoms with van der Waals surface area (Å²) < 4.78 is 46.3. The number of amides is 1. The predicted octanol–water partition coefficient (Wildman–Crippen LogP) is 5.17. The van der Waals surface area contributed by atoms with E-state index in [0.29, 0.717) is 41.4 Å². The highest BCUT2D eigenvalue weighted by atomic mass is 35.5. The molecule has 1 aliphatic heterocycles. The lowest BCUT2D eigenvalue weighted by Gasteiger charge is -2.34. The van der Waals surface area contributed by atoms with Gasteiger partial charge in [-0.25, -0.2) is 9.97 Å². The van der Waals surface area contributed by atoms with Crippen LogP contribution in [-0.4, -0.2) is 36.1 Å². The van der Waals surface area contributed by atoms with Gasteiger partial charge in [-0.15, -0.1) is 0 Å². The largest absolute Gasteiger partial charge is 0.495 e. The van der Waals surface area contributed by atoms with Gasteiger partial charge >= 0.3 is 6.18 Å². The van der Waals surface area contributed by atoms with Crippen LogP contribution in [0, 0.1) is 5.92 Å². The SMILES string of the molecule is COc1ccc(NC(=O)[C@H]2CCCN(c3nc4ccccc4nc3C(F)(F)F)C2)cc1Cl. The lowest BCUT2D eigenvalue weighted by Crippen LogP contribution is -2.42. The molecule has 0 aliphatic carbocycles. The van der Waals surface area contributed by atoms with E-state index in [2.05, 4.69) is 15.3 Å². The highest BCUT2D eigenvalue weighted by molar-refractivity contribution is 6.32. The van der Waals surface area contributed by atoms with Crippen LogP contribution in [0.2, 0.25) is 5.02 Å². The highest BCUT2D eigenvalue weighted by Gasteiger charge is 2.40. The van der Waals surface area contributed by atoms with Crippen molar-refractivity contribution in [3.05, 3.63) is 53.2 Å². The van der Waals surface area contributed by atoms with E-state index in [4.69, 9.17) is 16.3 Å². The maximum Gasteiger partial charge on any atom is 0.437 e. The lowest BCUT2D eigenvalue weighted by molar-refractivity contribution is -0.140. The van der Waals surface area contributed by atoms with Crippen LogP contribution >= 0.6 is 11.6 Å². The maximum atomic E-state index is 13.7. The van der Waals surface area contributed by atoms with E-state index in [9.17, 15) is 18.0 Å². The maximum absolute atomic E-state index is 13.7. The number of methoxy groups -OCH3 is 1. The number of nitrogens with zero attached hydrogens (tertiary/aromatic N) is 3.